The molecule has 0 bridgehead atoms. The van der Waals surface area contributed by atoms with E-state index in [-0.39, 0.29) is 5.78 Å². The highest BCUT2D eigenvalue weighted by atomic mass is 16.1. The van der Waals surface area contributed by atoms with Gasteiger partial charge in [-0.2, -0.15) is 0 Å². The van der Waals surface area contributed by atoms with Crippen molar-refractivity contribution in [2.45, 2.75) is 13.8 Å². The molecule has 0 aliphatic rings. The molecule has 0 aliphatic carbocycles. The lowest BCUT2D eigenvalue weighted by atomic mass is 10.2. The lowest BCUT2D eigenvalue weighted by molar-refractivity contribution is 0.101. The largest absolute Gasteiger partial charge is 0.306 e. The summed E-state index contributed by atoms with van der Waals surface area (Å²) in [5.74, 6) is 0.0520. The normalized spacial score (nSPS) is 10.6. The third-order valence-electron chi connectivity index (χ3n) is 1.98. The molecule has 0 saturated carbocycles. The second-order valence-corrected chi connectivity index (χ2v) is 3.09. The van der Waals surface area contributed by atoms with E-state index >= 15 is 0 Å². The SMILES string of the molecule is CC(=O)c1cccn2cc(C)nc12. The number of nitrogens with zero attached hydrogens (tertiary/aromatic N) is 2. The molecular weight excluding hydrogens is 164 g/mol. The van der Waals surface area contributed by atoms with E-state index in [9.17, 15) is 4.79 Å². The van der Waals surface area contributed by atoms with Crippen LogP contribution in [0.5, 0.6) is 0 Å². The number of hydrogen-bond donors (Lipinski definition) is 0. The number of rotatable bonds is 1. The van der Waals surface area contributed by atoms with Crippen molar-refractivity contribution >= 4 is 11.4 Å². The van der Waals surface area contributed by atoms with Crippen molar-refractivity contribution in [1.29, 1.82) is 0 Å². The van der Waals surface area contributed by atoms with Crippen LogP contribution >= 0.6 is 0 Å². The smallest absolute Gasteiger partial charge is 0.163 e. The second kappa shape index (κ2) is 2.69. The quantitative estimate of drug-likeness (QED) is 0.618. The summed E-state index contributed by atoms with van der Waals surface area (Å²) < 4.78 is 1.87. The maximum atomic E-state index is 11.2. The summed E-state index contributed by atoms with van der Waals surface area (Å²) in [5.41, 5.74) is 2.34. The Labute approximate surface area is 76.0 Å². The zero-order chi connectivity index (χ0) is 9.42. The van der Waals surface area contributed by atoms with Gasteiger partial charge in [0.15, 0.2) is 5.78 Å². The van der Waals surface area contributed by atoms with E-state index in [2.05, 4.69) is 4.98 Å². The van der Waals surface area contributed by atoms with Crippen LogP contribution in [0.2, 0.25) is 0 Å². The molecule has 0 saturated heterocycles. The summed E-state index contributed by atoms with van der Waals surface area (Å²) in [6.45, 7) is 3.47. The van der Waals surface area contributed by atoms with Crippen LogP contribution in [0, 0.1) is 6.92 Å². The van der Waals surface area contributed by atoms with Gasteiger partial charge in [-0.1, -0.05) is 0 Å². The minimum absolute atomic E-state index is 0.0520. The Hall–Kier alpha value is -1.64. The Morgan fingerprint density at radius 2 is 2.31 bits per heavy atom. The van der Waals surface area contributed by atoms with E-state index in [4.69, 9.17) is 0 Å². The molecule has 0 amide bonds. The Morgan fingerprint density at radius 3 is 3.00 bits per heavy atom. The van der Waals surface area contributed by atoms with Crippen LogP contribution in [0.4, 0.5) is 0 Å². The molecule has 3 nitrogen and oxygen atoms in total. The number of ketones is 1. The van der Waals surface area contributed by atoms with Crippen LogP contribution in [-0.4, -0.2) is 15.2 Å². The Kier molecular flexibility index (Phi) is 1.65. The predicted octanol–water partition coefficient (Wildman–Crippen LogP) is 1.85. The fraction of sp³-hybridized carbons (Fsp3) is 0.200. The van der Waals surface area contributed by atoms with Gasteiger partial charge in [0, 0.05) is 12.4 Å². The van der Waals surface area contributed by atoms with Gasteiger partial charge in [0.05, 0.1) is 11.3 Å². The molecule has 2 aromatic heterocycles. The number of aryl methyl sites for hydroxylation is 1. The van der Waals surface area contributed by atoms with Crippen LogP contribution < -0.4 is 0 Å². The number of carbonyl (C=O) groups excluding carboxylic acids is 1. The Balaban J connectivity index is 2.82. The van der Waals surface area contributed by atoms with Gasteiger partial charge in [-0.05, 0) is 26.0 Å². The van der Waals surface area contributed by atoms with E-state index in [1.54, 1.807) is 13.0 Å². The van der Waals surface area contributed by atoms with Crippen molar-refractivity contribution in [3.05, 3.63) is 35.8 Å². The summed E-state index contributed by atoms with van der Waals surface area (Å²) in [5, 5.41) is 0. The number of aromatic nitrogens is 2. The van der Waals surface area contributed by atoms with Crippen LogP contribution in [0.1, 0.15) is 23.0 Å². The van der Waals surface area contributed by atoms with Crippen LogP contribution in [0.15, 0.2) is 24.5 Å². The molecule has 0 unspecified atom stereocenters. The third-order valence-corrected chi connectivity index (χ3v) is 1.98. The minimum atomic E-state index is 0.0520. The molecule has 2 heterocycles. The molecule has 2 rings (SSSR count). The third kappa shape index (κ3) is 1.22. The molecule has 2 aromatic rings. The molecule has 0 atom stereocenters. The molecule has 0 spiro atoms. The van der Waals surface area contributed by atoms with E-state index in [0.29, 0.717) is 5.56 Å². The van der Waals surface area contributed by atoms with Crippen molar-refractivity contribution < 1.29 is 4.79 Å². The number of fused-ring (bicyclic) bond motifs is 1. The minimum Gasteiger partial charge on any atom is -0.306 e. The van der Waals surface area contributed by atoms with Gasteiger partial charge in [-0.15, -0.1) is 0 Å². The highest BCUT2D eigenvalue weighted by molar-refractivity contribution is 5.99. The first-order valence-corrected chi connectivity index (χ1v) is 4.14. The zero-order valence-corrected chi connectivity index (χ0v) is 7.61. The molecule has 13 heavy (non-hydrogen) atoms. The van der Waals surface area contributed by atoms with Crippen molar-refractivity contribution in [3.8, 4) is 0 Å². The second-order valence-electron chi connectivity index (χ2n) is 3.09. The monoisotopic (exact) mass is 174 g/mol. The number of carbonyl (C=O) groups is 1. The van der Waals surface area contributed by atoms with Gasteiger partial charge < -0.3 is 4.40 Å². The van der Waals surface area contributed by atoms with Crippen molar-refractivity contribution in [2.75, 3.05) is 0 Å². The Morgan fingerprint density at radius 1 is 1.54 bits per heavy atom. The van der Waals surface area contributed by atoms with Crippen molar-refractivity contribution in [3.63, 3.8) is 0 Å². The molecule has 0 fully saturated rings. The fourth-order valence-corrected chi connectivity index (χ4v) is 1.41. The maximum absolute atomic E-state index is 11.2. The standard InChI is InChI=1S/C10H10N2O/c1-7-6-12-5-3-4-9(8(2)13)10(12)11-7/h3-6H,1-2H3. The predicted molar refractivity (Wildman–Crippen MR) is 49.9 cm³/mol. The molecular formula is C10H10N2O. The summed E-state index contributed by atoms with van der Waals surface area (Å²) in [7, 11) is 0. The number of imidazole rings is 1. The summed E-state index contributed by atoms with van der Waals surface area (Å²) in [4.78, 5) is 15.5. The van der Waals surface area contributed by atoms with Gasteiger partial charge in [0.1, 0.15) is 5.65 Å². The average Bonchev–Trinajstić information content (AvgIpc) is 2.43. The van der Waals surface area contributed by atoms with E-state index in [0.717, 1.165) is 11.3 Å². The molecule has 3 heteroatoms. The average molecular weight is 174 g/mol. The van der Waals surface area contributed by atoms with Gasteiger partial charge in [0.2, 0.25) is 0 Å². The van der Waals surface area contributed by atoms with E-state index in [1.807, 2.05) is 29.8 Å². The first-order chi connectivity index (χ1) is 6.18. The molecule has 0 N–H and O–H groups in total. The lowest BCUT2D eigenvalue weighted by Gasteiger charge is -1.97. The van der Waals surface area contributed by atoms with Gasteiger partial charge in [-0.25, -0.2) is 4.98 Å². The lowest BCUT2D eigenvalue weighted by Crippen LogP contribution is -1.96. The van der Waals surface area contributed by atoms with E-state index in [1.165, 1.54) is 0 Å². The molecule has 0 aromatic carbocycles. The fourth-order valence-electron chi connectivity index (χ4n) is 1.41. The van der Waals surface area contributed by atoms with Gasteiger partial charge >= 0.3 is 0 Å². The maximum Gasteiger partial charge on any atom is 0.163 e. The van der Waals surface area contributed by atoms with Crippen LogP contribution in [0.3, 0.4) is 0 Å². The summed E-state index contributed by atoms with van der Waals surface area (Å²) >= 11 is 0. The number of pyridine rings is 1. The van der Waals surface area contributed by atoms with Crippen LogP contribution in [-0.2, 0) is 0 Å². The topological polar surface area (TPSA) is 34.4 Å². The van der Waals surface area contributed by atoms with Crippen LogP contribution in [0.25, 0.3) is 5.65 Å². The zero-order valence-electron chi connectivity index (χ0n) is 7.61. The number of Topliss-reactive ketones (excluding diaryl/α,β-unsaturated/α-hetero) is 1. The highest BCUT2D eigenvalue weighted by Crippen LogP contribution is 2.10. The van der Waals surface area contributed by atoms with Gasteiger partial charge in [0.25, 0.3) is 0 Å². The molecule has 66 valence electrons. The summed E-state index contributed by atoms with van der Waals surface area (Å²) in [6.07, 6.45) is 3.80. The summed E-state index contributed by atoms with van der Waals surface area (Å²) in [6, 6.07) is 3.65. The van der Waals surface area contributed by atoms with Crippen molar-refractivity contribution in [1.82, 2.24) is 9.38 Å². The van der Waals surface area contributed by atoms with Crippen molar-refractivity contribution in [2.24, 2.45) is 0 Å². The Bertz CT molecular complexity index is 471. The first-order valence-electron chi connectivity index (χ1n) is 4.14. The number of hydrogen-bond acceptors (Lipinski definition) is 2. The van der Waals surface area contributed by atoms with Gasteiger partial charge in [-0.3, -0.25) is 4.79 Å². The molecule has 0 aliphatic heterocycles. The van der Waals surface area contributed by atoms with E-state index < -0.39 is 0 Å². The molecule has 0 radical (unpaired) electrons. The highest BCUT2D eigenvalue weighted by Gasteiger charge is 2.06. The first kappa shape index (κ1) is 7.98.